The van der Waals surface area contributed by atoms with Gasteiger partial charge in [-0.15, -0.1) is 0 Å². The Hall–Kier alpha value is -0.210. The molecule has 13 heavy (non-hydrogen) atoms. The third-order valence-electron chi connectivity index (χ3n) is 2.00. The molecule has 0 aliphatic carbocycles. The number of alkyl halides is 1. The Kier molecular flexibility index (Phi) is 3.25. The van der Waals surface area contributed by atoms with E-state index in [0.717, 1.165) is 10.9 Å². The number of phenolic OH excluding ortho intramolecular Hbond substituents is 1. The third kappa shape index (κ3) is 2.18. The smallest absolute Gasteiger partial charge is 0.120 e. The number of benzene rings is 1. The summed E-state index contributed by atoms with van der Waals surface area (Å²) in [4.78, 5) is 0. The maximum Gasteiger partial charge on any atom is 0.120 e. The van der Waals surface area contributed by atoms with Crippen molar-refractivity contribution in [1.82, 2.24) is 0 Å². The summed E-state index contributed by atoms with van der Waals surface area (Å²) < 4.78 is 0. The second-order valence-corrected chi connectivity index (χ2v) is 4.62. The van der Waals surface area contributed by atoms with E-state index in [1.54, 1.807) is 18.2 Å². The van der Waals surface area contributed by atoms with E-state index < -0.39 is 0 Å². The molecule has 0 spiro atoms. The molecule has 0 heterocycles. The van der Waals surface area contributed by atoms with Crippen molar-refractivity contribution >= 4 is 27.5 Å². The Balaban J connectivity index is 3.28. The zero-order valence-electron chi connectivity index (χ0n) is 7.64. The number of phenols is 1. The quantitative estimate of drug-likeness (QED) is 0.806. The number of rotatable bonds is 2. The van der Waals surface area contributed by atoms with Crippen molar-refractivity contribution in [3.8, 4) is 5.75 Å². The van der Waals surface area contributed by atoms with E-state index >= 15 is 0 Å². The predicted molar refractivity (Wildman–Crippen MR) is 59.9 cm³/mol. The molecule has 0 saturated heterocycles. The fraction of sp³-hybridized carbons (Fsp3) is 0.400. The van der Waals surface area contributed by atoms with Gasteiger partial charge in [0.05, 0.1) is 0 Å². The van der Waals surface area contributed by atoms with Crippen molar-refractivity contribution in [2.45, 2.75) is 19.3 Å². The summed E-state index contributed by atoms with van der Waals surface area (Å²) in [6, 6.07) is 5.19. The standard InChI is InChI=1S/C10H12BrClO/c1-10(2,6-11)9-7(12)4-3-5-8(9)13/h3-5,13H,6H2,1-2H3. The Labute approximate surface area is 91.9 Å². The highest BCUT2D eigenvalue weighted by Crippen LogP contribution is 2.37. The molecule has 3 heteroatoms. The van der Waals surface area contributed by atoms with Gasteiger partial charge in [-0.2, -0.15) is 0 Å². The molecule has 0 aromatic heterocycles. The molecule has 0 unspecified atom stereocenters. The van der Waals surface area contributed by atoms with Gasteiger partial charge in [-0.25, -0.2) is 0 Å². The van der Waals surface area contributed by atoms with Crippen LogP contribution in [0.2, 0.25) is 5.02 Å². The molecular weight excluding hydrogens is 251 g/mol. The Morgan fingerprint density at radius 2 is 2.08 bits per heavy atom. The molecule has 0 amide bonds. The zero-order valence-corrected chi connectivity index (χ0v) is 9.98. The molecule has 1 nitrogen and oxygen atoms in total. The lowest BCUT2D eigenvalue weighted by molar-refractivity contribution is 0.449. The van der Waals surface area contributed by atoms with Gasteiger partial charge >= 0.3 is 0 Å². The van der Waals surface area contributed by atoms with Crippen LogP contribution < -0.4 is 0 Å². The van der Waals surface area contributed by atoms with Gasteiger partial charge in [0.15, 0.2) is 0 Å². The number of hydrogen-bond acceptors (Lipinski definition) is 1. The summed E-state index contributed by atoms with van der Waals surface area (Å²) in [5.41, 5.74) is 0.649. The SMILES string of the molecule is CC(C)(CBr)c1c(O)cccc1Cl. The molecule has 1 N–H and O–H groups in total. The van der Waals surface area contributed by atoms with Gasteiger partial charge in [-0.3, -0.25) is 0 Å². The van der Waals surface area contributed by atoms with E-state index in [1.807, 2.05) is 13.8 Å². The number of hydrogen-bond donors (Lipinski definition) is 1. The Morgan fingerprint density at radius 1 is 1.46 bits per heavy atom. The van der Waals surface area contributed by atoms with Gasteiger partial charge in [-0.05, 0) is 12.1 Å². The fourth-order valence-corrected chi connectivity index (χ4v) is 1.96. The maximum absolute atomic E-state index is 9.65. The highest BCUT2D eigenvalue weighted by Gasteiger charge is 2.25. The molecule has 0 radical (unpaired) electrons. The van der Waals surface area contributed by atoms with E-state index in [2.05, 4.69) is 15.9 Å². The second kappa shape index (κ2) is 3.89. The van der Waals surface area contributed by atoms with Crippen LogP contribution in [0.15, 0.2) is 18.2 Å². The van der Waals surface area contributed by atoms with Gasteiger partial charge in [0.25, 0.3) is 0 Å². The molecule has 1 aromatic carbocycles. The lowest BCUT2D eigenvalue weighted by Crippen LogP contribution is -2.19. The number of halogens is 2. The highest BCUT2D eigenvalue weighted by atomic mass is 79.9. The van der Waals surface area contributed by atoms with Crippen LogP contribution in [0.4, 0.5) is 0 Å². The Bertz CT molecular complexity index is 290. The van der Waals surface area contributed by atoms with Crippen LogP contribution >= 0.6 is 27.5 Å². The van der Waals surface area contributed by atoms with Gasteiger partial charge in [-0.1, -0.05) is 47.4 Å². The third-order valence-corrected chi connectivity index (χ3v) is 3.72. The van der Waals surface area contributed by atoms with Crippen LogP contribution in [0, 0.1) is 0 Å². The molecule has 0 aliphatic rings. The van der Waals surface area contributed by atoms with Crippen LogP contribution in [0.1, 0.15) is 19.4 Å². The minimum absolute atomic E-state index is 0.150. The van der Waals surface area contributed by atoms with Gasteiger partial charge in [0, 0.05) is 21.3 Å². The molecule has 0 atom stereocenters. The van der Waals surface area contributed by atoms with Crippen molar-refractivity contribution in [2.75, 3.05) is 5.33 Å². The summed E-state index contributed by atoms with van der Waals surface area (Å²) >= 11 is 9.42. The molecular formula is C10H12BrClO. The summed E-state index contributed by atoms with van der Waals surface area (Å²) in [7, 11) is 0. The van der Waals surface area contributed by atoms with E-state index in [9.17, 15) is 5.11 Å². The van der Waals surface area contributed by atoms with Crippen molar-refractivity contribution in [1.29, 1.82) is 0 Å². The lowest BCUT2D eigenvalue weighted by atomic mass is 9.86. The fourth-order valence-electron chi connectivity index (χ4n) is 1.25. The van der Waals surface area contributed by atoms with Gasteiger partial charge in [0.2, 0.25) is 0 Å². The van der Waals surface area contributed by atoms with Crippen molar-refractivity contribution in [3.63, 3.8) is 0 Å². The largest absolute Gasteiger partial charge is 0.508 e. The molecule has 0 saturated carbocycles. The average Bonchev–Trinajstić information content (AvgIpc) is 2.03. The highest BCUT2D eigenvalue weighted by molar-refractivity contribution is 9.09. The van der Waals surface area contributed by atoms with Crippen LogP contribution in [0.3, 0.4) is 0 Å². The average molecular weight is 264 g/mol. The topological polar surface area (TPSA) is 20.2 Å². The van der Waals surface area contributed by atoms with Gasteiger partial charge in [0.1, 0.15) is 5.75 Å². The molecule has 1 aromatic rings. The minimum atomic E-state index is -0.150. The molecule has 0 bridgehead atoms. The van der Waals surface area contributed by atoms with Gasteiger partial charge < -0.3 is 5.11 Å². The van der Waals surface area contributed by atoms with Crippen LogP contribution in [0.5, 0.6) is 5.75 Å². The first-order valence-electron chi connectivity index (χ1n) is 4.03. The monoisotopic (exact) mass is 262 g/mol. The van der Waals surface area contributed by atoms with Crippen LogP contribution in [-0.4, -0.2) is 10.4 Å². The van der Waals surface area contributed by atoms with Crippen molar-refractivity contribution < 1.29 is 5.11 Å². The summed E-state index contributed by atoms with van der Waals surface area (Å²) in [6.07, 6.45) is 0. The normalized spacial score (nSPS) is 11.7. The van der Waals surface area contributed by atoms with Crippen LogP contribution in [0.25, 0.3) is 0 Å². The van der Waals surface area contributed by atoms with E-state index in [4.69, 9.17) is 11.6 Å². The van der Waals surface area contributed by atoms with Crippen molar-refractivity contribution in [3.05, 3.63) is 28.8 Å². The first kappa shape index (κ1) is 10.9. The number of aromatic hydroxyl groups is 1. The minimum Gasteiger partial charge on any atom is -0.508 e. The summed E-state index contributed by atoms with van der Waals surface area (Å²) in [5, 5.41) is 11.0. The maximum atomic E-state index is 9.65. The second-order valence-electron chi connectivity index (χ2n) is 3.65. The molecule has 72 valence electrons. The van der Waals surface area contributed by atoms with Crippen LogP contribution in [-0.2, 0) is 5.41 Å². The summed E-state index contributed by atoms with van der Waals surface area (Å²) in [6.45, 7) is 4.06. The lowest BCUT2D eigenvalue weighted by Gasteiger charge is -2.24. The van der Waals surface area contributed by atoms with Crippen molar-refractivity contribution in [2.24, 2.45) is 0 Å². The van der Waals surface area contributed by atoms with E-state index in [0.29, 0.717) is 5.02 Å². The Morgan fingerprint density at radius 3 is 2.54 bits per heavy atom. The first-order chi connectivity index (χ1) is 5.99. The first-order valence-corrected chi connectivity index (χ1v) is 5.53. The molecule has 0 fully saturated rings. The van der Waals surface area contributed by atoms with E-state index in [-0.39, 0.29) is 11.2 Å². The van der Waals surface area contributed by atoms with E-state index in [1.165, 1.54) is 0 Å². The molecule has 0 aliphatic heterocycles. The summed E-state index contributed by atoms with van der Waals surface area (Å²) in [5.74, 6) is 0.261. The predicted octanol–water partition coefficient (Wildman–Crippen LogP) is 3.72. The zero-order chi connectivity index (χ0) is 10.1. The molecule has 1 rings (SSSR count).